The smallest absolute Gasteiger partial charge is 0.251 e. The van der Waals surface area contributed by atoms with Crippen LogP contribution in [0.5, 0.6) is 0 Å². The number of hydrogen-bond acceptors (Lipinski definition) is 3. The summed E-state index contributed by atoms with van der Waals surface area (Å²) in [5, 5.41) is 3.12. The number of nitrogens with zero attached hydrogens (tertiary/aromatic N) is 1. The van der Waals surface area contributed by atoms with Gasteiger partial charge >= 0.3 is 0 Å². The van der Waals surface area contributed by atoms with Crippen molar-refractivity contribution in [3.8, 4) is 0 Å². The number of benzene rings is 1. The molecule has 2 heterocycles. The second-order valence-corrected chi connectivity index (χ2v) is 6.77. The molecule has 1 aromatic carbocycles. The van der Waals surface area contributed by atoms with Crippen LogP contribution in [0, 0.1) is 6.92 Å². The van der Waals surface area contributed by atoms with Gasteiger partial charge in [0.15, 0.2) is 0 Å². The van der Waals surface area contributed by atoms with Gasteiger partial charge in [0.05, 0.1) is 6.42 Å². The first-order chi connectivity index (χ1) is 11.6. The molecule has 3 rings (SSSR count). The number of ether oxygens (including phenoxy) is 1. The highest BCUT2D eigenvalue weighted by Crippen LogP contribution is 2.18. The Morgan fingerprint density at radius 3 is 2.62 bits per heavy atom. The summed E-state index contributed by atoms with van der Waals surface area (Å²) in [6.45, 7) is 4.13. The number of nitrogens with one attached hydrogen (secondary N) is 1. The molecule has 2 amide bonds. The van der Waals surface area contributed by atoms with Crippen molar-refractivity contribution in [2.45, 2.75) is 51.2 Å². The molecule has 5 heteroatoms. The van der Waals surface area contributed by atoms with Gasteiger partial charge in [-0.1, -0.05) is 24.3 Å². The maximum atomic E-state index is 12.3. The number of carbonyl (C=O) groups excluding carboxylic acids is 2. The van der Waals surface area contributed by atoms with Crippen LogP contribution >= 0.6 is 0 Å². The third-order valence-corrected chi connectivity index (χ3v) is 4.99. The van der Waals surface area contributed by atoms with Crippen molar-refractivity contribution in [2.24, 2.45) is 0 Å². The van der Waals surface area contributed by atoms with Crippen LogP contribution in [-0.4, -0.2) is 48.6 Å². The molecule has 130 valence electrons. The molecule has 0 spiro atoms. The normalized spacial score (nSPS) is 21.7. The zero-order chi connectivity index (χ0) is 16.9. The van der Waals surface area contributed by atoms with E-state index in [1.807, 2.05) is 36.1 Å². The third kappa shape index (κ3) is 4.15. The van der Waals surface area contributed by atoms with Gasteiger partial charge < -0.3 is 15.0 Å². The molecule has 0 radical (unpaired) electrons. The van der Waals surface area contributed by atoms with Crippen LogP contribution in [0.3, 0.4) is 0 Å². The summed E-state index contributed by atoms with van der Waals surface area (Å²) in [7, 11) is 0. The molecular formula is C19H26N2O3. The Hall–Kier alpha value is -1.88. The van der Waals surface area contributed by atoms with Crippen LogP contribution < -0.4 is 5.32 Å². The van der Waals surface area contributed by atoms with Gasteiger partial charge in [-0.2, -0.15) is 0 Å². The average molecular weight is 330 g/mol. The van der Waals surface area contributed by atoms with E-state index >= 15 is 0 Å². The lowest BCUT2D eigenvalue weighted by Crippen LogP contribution is -2.49. The van der Waals surface area contributed by atoms with Crippen molar-refractivity contribution >= 4 is 11.8 Å². The fraction of sp³-hybridized carbons (Fsp3) is 0.579. The van der Waals surface area contributed by atoms with Crippen LogP contribution in [0.4, 0.5) is 0 Å². The Balaban J connectivity index is 1.44. The first kappa shape index (κ1) is 17.0. The van der Waals surface area contributed by atoms with E-state index in [1.54, 1.807) is 0 Å². The van der Waals surface area contributed by atoms with Crippen LogP contribution in [0.2, 0.25) is 0 Å². The summed E-state index contributed by atoms with van der Waals surface area (Å²) in [6.07, 6.45) is 3.63. The predicted molar refractivity (Wildman–Crippen MR) is 91.6 cm³/mol. The zero-order valence-electron chi connectivity index (χ0n) is 14.3. The van der Waals surface area contributed by atoms with Crippen LogP contribution in [-0.2, 0) is 20.7 Å². The quantitative estimate of drug-likeness (QED) is 0.916. The Labute approximate surface area is 143 Å². The lowest BCUT2D eigenvalue weighted by Gasteiger charge is -2.33. The van der Waals surface area contributed by atoms with E-state index in [0.717, 1.165) is 36.8 Å². The number of piperidine rings is 1. The highest BCUT2D eigenvalue weighted by molar-refractivity contribution is 5.81. The van der Waals surface area contributed by atoms with E-state index in [-0.39, 0.29) is 24.0 Å². The largest absolute Gasteiger partial charge is 0.368 e. The van der Waals surface area contributed by atoms with Gasteiger partial charge in [0.25, 0.3) is 5.91 Å². The fourth-order valence-corrected chi connectivity index (χ4v) is 3.48. The zero-order valence-corrected chi connectivity index (χ0v) is 14.3. The second-order valence-electron chi connectivity index (χ2n) is 6.77. The summed E-state index contributed by atoms with van der Waals surface area (Å²) in [4.78, 5) is 26.5. The third-order valence-electron chi connectivity index (χ3n) is 4.99. The topological polar surface area (TPSA) is 58.6 Å². The molecule has 0 bridgehead atoms. The van der Waals surface area contributed by atoms with Crippen molar-refractivity contribution < 1.29 is 14.3 Å². The highest BCUT2D eigenvalue weighted by Gasteiger charge is 2.31. The maximum Gasteiger partial charge on any atom is 0.251 e. The number of rotatable bonds is 4. The molecule has 0 aliphatic carbocycles. The van der Waals surface area contributed by atoms with Crippen molar-refractivity contribution in [3.63, 3.8) is 0 Å². The van der Waals surface area contributed by atoms with E-state index in [9.17, 15) is 9.59 Å². The molecule has 5 nitrogen and oxygen atoms in total. The predicted octanol–water partition coefficient (Wildman–Crippen LogP) is 1.82. The van der Waals surface area contributed by atoms with Crippen molar-refractivity contribution in [1.82, 2.24) is 10.2 Å². The summed E-state index contributed by atoms with van der Waals surface area (Å²) in [5.74, 6) is 0.186. The van der Waals surface area contributed by atoms with Gasteiger partial charge in [-0.3, -0.25) is 9.59 Å². The molecular weight excluding hydrogens is 304 g/mol. The number of amides is 2. The average Bonchev–Trinajstić information content (AvgIpc) is 3.11. The van der Waals surface area contributed by atoms with Gasteiger partial charge in [-0.25, -0.2) is 0 Å². The molecule has 2 fully saturated rings. The van der Waals surface area contributed by atoms with Gasteiger partial charge in [-0.05, 0) is 43.7 Å². The van der Waals surface area contributed by atoms with Crippen LogP contribution in [0.25, 0.3) is 0 Å². The number of hydrogen-bond donors (Lipinski definition) is 1. The Morgan fingerprint density at radius 2 is 1.96 bits per heavy atom. The molecule has 1 unspecified atom stereocenters. The van der Waals surface area contributed by atoms with Crippen LogP contribution in [0.15, 0.2) is 24.3 Å². The van der Waals surface area contributed by atoms with E-state index in [4.69, 9.17) is 4.74 Å². The van der Waals surface area contributed by atoms with E-state index in [1.165, 1.54) is 0 Å². The SMILES string of the molecule is Cc1ccccc1CC(=O)NC1CCN(C(=O)C2CCCO2)CC1. The summed E-state index contributed by atoms with van der Waals surface area (Å²) in [5.41, 5.74) is 2.21. The number of aryl methyl sites for hydroxylation is 1. The lowest BCUT2D eigenvalue weighted by molar-refractivity contribution is -0.142. The number of likely N-dealkylation sites (tertiary alicyclic amines) is 1. The summed E-state index contributed by atoms with van der Waals surface area (Å²) in [6, 6.07) is 8.13. The van der Waals surface area contributed by atoms with E-state index in [0.29, 0.717) is 26.1 Å². The molecule has 1 N–H and O–H groups in total. The minimum Gasteiger partial charge on any atom is -0.368 e. The fourth-order valence-electron chi connectivity index (χ4n) is 3.48. The Kier molecular flexibility index (Phi) is 5.51. The summed E-state index contributed by atoms with van der Waals surface area (Å²) >= 11 is 0. The van der Waals surface area contributed by atoms with Gasteiger partial charge in [0.2, 0.25) is 5.91 Å². The Bertz CT molecular complexity index is 588. The maximum absolute atomic E-state index is 12.3. The van der Waals surface area contributed by atoms with Gasteiger partial charge in [-0.15, -0.1) is 0 Å². The molecule has 2 aliphatic rings. The molecule has 2 aliphatic heterocycles. The van der Waals surface area contributed by atoms with Crippen LogP contribution in [0.1, 0.15) is 36.8 Å². The lowest BCUT2D eigenvalue weighted by atomic mass is 10.0. The first-order valence-corrected chi connectivity index (χ1v) is 8.88. The standard InChI is InChI=1S/C19H26N2O3/c1-14-5-2-3-6-15(14)13-18(22)20-16-8-10-21(11-9-16)19(23)17-7-4-12-24-17/h2-3,5-6,16-17H,4,7-13H2,1H3,(H,20,22). The monoisotopic (exact) mass is 330 g/mol. The first-order valence-electron chi connectivity index (χ1n) is 8.88. The minimum atomic E-state index is -0.239. The van der Waals surface area contributed by atoms with Crippen molar-refractivity contribution in [2.75, 3.05) is 19.7 Å². The minimum absolute atomic E-state index is 0.0632. The second kappa shape index (κ2) is 7.79. The van der Waals surface area contributed by atoms with Gasteiger partial charge in [0.1, 0.15) is 6.10 Å². The highest BCUT2D eigenvalue weighted by atomic mass is 16.5. The molecule has 0 aromatic heterocycles. The van der Waals surface area contributed by atoms with E-state index in [2.05, 4.69) is 5.32 Å². The molecule has 0 saturated carbocycles. The van der Waals surface area contributed by atoms with Gasteiger partial charge in [0, 0.05) is 25.7 Å². The van der Waals surface area contributed by atoms with E-state index < -0.39 is 0 Å². The van der Waals surface area contributed by atoms with Crippen molar-refractivity contribution in [3.05, 3.63) is 35.4 Å². The molecule has 24 heavy (non-hydrogen) atoms. The number of carbonyl (C=O) groups is 2. The summed E-state index contributed by atoms with van der Waals surface area (Å²) < 4.78 is 5.48. The Morgan fingerprint density at radius 1 is 1.21 bits per heavy atom. The molecule has 2 saturated heterocycles. The molecule has 1 atom stereocenters. The van der Waals surface area contributed by atoms with Crippen molar-refractivity contribution in [1.29, 1.82) is 0 Å². The molecule has 1 aromatic rings.